The molecular weight excluding hydrogens is 573 g/mol. The highest BCUT2D eigenvalue weighted by Crippen LogP contribution is 2.39. The molecule has 5 rings (SSSR count). The van der Waals surface area contributed by atoms with Gasteiger partial charge in [-0.1, -0.05) is 49.7 Å². The van der Waals surface area contributed by atoms with Crippen LogP contribution in [0.3, 0.4) is 0 Å². The highest BCUT2D eigenvalue weighted by Gasteiger charge is 2.33. The minimum atomic E-state index is -0.702. The number of aromatic nitrogens is 3. The molecule has 43 heavy (non-hydrogen) atoms. The van der Waals surface area contributed by atoms with E-state index in [4.69, 9.17) is 21.3 Å². The first-order chi connectivity index (χ1) is 20.3. The van der Waals surface area contributed by atoms with Gasteiger partial charge >= 0.3 is 11.8 Å². The Morgan fingerprint density at radius 3 is 2.49 bits per heavy atom. The Labute approximate surface area is 254 Å². The molecule has 0 spiro atoms. The fourth-order valence-corrected chi connectivity index (χ4v) is 5.65. The van der Waals surface area contributed by atoms with E-state index in [2.05, 4.69) is 4.98 Å². The number of rotatable bonds is 4. The van der Waals surface area contributed by atoms with Crippen LogP contribution in [0.4, 0.5) is 15.0 Å². The Kier molecular flexibility index (Phi) is 8.09. The van der Waals surface area contributed by atoms with E-state index in [1.807, 2.05) is 70.7 Å². The lowest BCUT2D eigenvalue weighted by atomic mass is 10.0. The van der Waals surface area contributed by atoms with E-state index in [9.17, 15) is 14.7 Å². The lowest BCUT2D eigenvalue weighted by Gasteiger charge is -2.41. The van der Waals surface area contributed by atoms with Crippen molar-refractivity contribution in [3.8, 4) is 22.7 Å². The van der Waals surface area contributed by atoms with Crippen molar-refractivity contribution in [3.05, 3.63) is 75.4 Å². The number of piperazine rings is 1. The van der Waals surface area contributed by atoms with E-state index in [1.54, 1.807) is 11.0 Å². The SMILES string of the molecule is CC(C)c1ccccc1-n1c(=O)nc(N2CCN(C(=O)OC(C)(C)C)CC2C)c2cc(Cl)c(-c3c(O)cccc3F)nc21. The Bertz CT molecular complexity index is 1750. The summed E-state index contributed by atoms with van der Waals surface area (Å²) in [5.74, 6) is -0.604. The minimum Gasteiger partial charge on any atom is -0.507 e. The average Bonchev–Trinajstić information content (AvgIpc) is 2.92. The van der Waals surface area contributed by atoms with Gasteiger partial charge in [-0.25, -0.2) is 23.5 Å². The summed E-state index contributed by atoms with van der Waals surface area (Å²) < 4.78 is 22.0. The van der Waals surface area contributed by atoms with Crippen LogP contribution in [-0.4, -0.2) is 61.9 Å². The number of benzene rings is 2. The Hall–Kier alpha value is -4.18. The molecular formula is C32H35ClFN5O4. The van der Waals surface area contributed by atoms with E-state index >= 15 is 4.39 Å². The molecule has 1 N–H and O–H groups in total. The number of hydrogen-bond donors (Lipinski definition) is 1. The van der Waals surface area contributed by atoms with Gasteiger partial charge in [0.25, 0.3) is 0 Å². The lowest BCUT2D eigenvalue weighted by Crippen LogP contribution is -2.55. The van der Waals surface area contributed by atoms with Crippen LogP contribution in [0.15, 0.2) is 53.3 Å². The van der Waals surface area contributed by atoms with Crippen LogP contribution in [0.2, 0.25) is 5.02 Å². The van der Waals surface area contributed by atoms with Crippen molar-refractivity contribution in [1.29, 1.82) is 0 Å². The quantitative estimate of drug-likeness (QED) is 0.282. The molecule has 11 heteroatoms. The molecule has 1 aliphatic heterocycles. The van der Waals surface area contributed by atoms with E-state index in [1.165, 1.54) is 22.8 Å². The molecule has 1 aliphatic rings. The van der Waals surface area contributed by atoms with Crippen LogP contribution < -0.4 is 10.6 Å². The van der Waals surface area contributed by atoms with Gasteiger partial charge in [0.05, 0.1) is 27.4 Å². The molecule has 3 heterocycles. The van der Waals surface area contributed by atoms with Gasteiger partial charge in [-0.3, -0.25) is 0 Å². The van der Waals surface area contributed by atoms with Crippen molar-refractivity contribution >= 4 is 34.5 Å². The molecule has 1 amide bonds. The number of hydrogen-bond acceptors (Lipinski definition) is 7. The third-order valence-electron chi connectivity index (χ3n) is 7.38. The summed E-state index contributed by atoms with van der Waals surface area (Å²) in [6.45, 7) is 12.5. The van der Waals surface area contributed by atoms with E-state index < -0.39 is 23.2 Å². The molecule has 1 atom stereocenters. The smallest absolute Gasteiger partial charge is 0.410 e. The van der Waals surface area contributed by atoms with Crippen molar-refractivity contribution in [2.24, 2.45) is 0 Å². The van der Waals surface area contributed by atoms with Gasteiger partial charge in [-0.05, 0) is 63.4 Å². The molecule has 2 aromatic carbocycles. The normalized spacial score (nSPS) is 15.8. The van der Waals surface area contributed by atoms with E-state index in [0.29, 0.717) is 36.5 Å². The largest absolute Gasteiger partial charge is 0.507 e. The summed E-state index contributed by atoms with van der Waals surface area (Å²) in [7, 11) is 0. The van der Waals surface area contributed by atoms with Gasteiger partial charge in [-0.2, -0.15) is 4.98 Å². The molecule has 226 valence electrons. The summed E-state index contributed by atoms with van der Waals surface area (Å²) in [5, 5.41) is 11.1. The maximum atomic E-state index is 15.0. The van der Waals surface area contributed by atoms with Crippen molar-refractivity contribution in [3.63, 3.8) is 0 Å². The molecule has 4 aromatic rings. The highest BCUT2D eigenvalue weighted by molar-refractivity contribution is 6.34. The maximum Gasteiger partial charge on any atom is 0.410 e. The summed E-state index contributed by atoms with van der Waals surface area (Å²) in [6.07, 6.45) is -0.406. The molecule has 0 aliphatic carbocycles. The first-order valence-electron chi connectivity index (χ1n) is 14.2. The predicted molar refractivity (Wildman–Crippen MR) is 166 cm³/mol. The molecule has 1 fully saturated rings. The number of carbonyl (C=O) groups excluding carboxylic acids is 1. The average molecular weight is 608 g/mol. The van der Waals surface area contributed by atoms with Crippen molar-refractivity contribution in [2.75, 3.05) is 24.5 Å². The second-order valence-electron chi connectivity index (χ2n) is 12.1. The summed E-state index contributed by atoms with van der Waals surface area (Å²) in [4.78, 5) is 39.6. The number of amides is 1. The highest BCUT2D eigenvalue weighted by atomic mass is 35.5. The zero-order valence-electron chi connectivity index (χ0n) is 25.1. The van der Waals surface area contributed by atoms with Crippen molar-refractivity contribution in [1.82, 2.24) is 19.4 Å². The molecule has 0 radical (unpaired) electrons. The topological polar surface area (TPSA) is 101 Å². The number of phenolic OH excluding ortho intramolecular Hbond substituents is 1. The summed E-state index contributed by atoms with van der Waals surface area (Å²) in [6, 6.07) is 12.8. The standard InChI is InChI=1S/C32H35ClFN5O4/c1-18(2)20-10-7-8-12-24(20)39-29-21(16-22(33)27(35-29)26-23(34)11-9-13-25(26)40)28(36-30(39)41)38-15-14-37(17-19(38)3)31(42)43-32(4,5)6/h7-13,16,18-19,40H,14-15,17H2,1-6H3. The van der Waals surface area contributed by atoms with Crippen molar-refractivity contribution < 1.29 is 19.0 Å². The van der Waals surface area contributed by atoms with Crippen molar-refractivity contribution in [2.45, 2.75) is 59.1 Å². The number of phenols is 1. The van der Waals surface area contributed by atoms with E-state index in [0.717, 1.165) is 5.56 Å². The van der Waals surface area contributed by atoms with E-state index in [-0.39, 0.29) is 39.6 Å². The fourth-order valence-electron chi connectivity index (χ4n) is 5.41. The molecule has 1 saturated heterocycles. The third-order valence-corrected chi connectivity index (χ3v) is 7.67. The Balaban J connectivity index is 1.71. The lowest BCUT2D eigenvalue weighted by molar-refractivity contribution is 0.0218. The molecule has 2 aromatic heterocycles. The van der Waals surface area contributed by atoms with Crippen LogP contribution >= 0.6 is 11.6 Å². The fraction of sp³-hybridized carbons (Fsp3) is 0.375. The van der Waals surface area contributed by atoms with Gasteiger partial charge < -0.3 is 19.6 Å². The molecule has 0 bridgehead atoms. The molecule has 9 nitrogen and oxygen atoms in total. The molecule has 0 saturated carbocycles. The number of aromatic hydroxyl groups is 1. The van der Waals surface area contributed by atoms with Gasteiger partial charge in [0.1, 0.15) is 23.0 Å². The van der Waals surface area contributed by atoms with Crippen LogP contribution in [-0.2, 0) is 4.74 Å². The number of para-hydroxylation sites is 1. The zero-order chi connectivity index (χ0) is 31.2. The summed E-state index contributed by atoms with van der Waals surface area (Å²) in [5.41, 5.74) is 0.337. The van der Waals surface area contributed by atoms with Gasteiger partial charge in [-0.15, -0.1) is 0 Å². The van der Waals surface area contributed by atoms with Crippen LogP contribution in [0.25, 0.3) is 28.0 Å². The van der Waals surface area contributed by atoms with Gasteiger partial charge in [0.15, 0.2) is 5.65 Å². The van der Waals surface area contributed by atoms with Crippen LogP contribution in [0.5, 0.6) is 5.75 Å². The monoisotopic (exact) mass is 607 g/mol. The molecule has 1 unspecified atom stereocenters. The number of nitrogens with zero attached hydrogens (tertiary/aromatic N) is 5. The van der Waals surface area contributed by atoms with Crippen LogP contribution in [0, 0.1) is 5.82 Å². The zero-order valence-corrected chi connectivity index (χ0v) is 25.8. The Morgan fingerprint density at radius 1 is 1.12 bits per heavy atom. The third kappa shape index (κ3) is 5.88. The number of carbonyl (C=O) groups is 1. The summed E-state index contributed by atoms with van der Waals surface area (Å²) >= 11 is 6.73. The number of pyridine rings is 1. The predicted octanol–water partition coefficient (Wildman–Crippen LogP) is 6.51. The van der Waals surface area contributed by atoms with Gasteiger partial charge in [0, 0.05) is 25.7 Å². The number of halogens is 2. The number of ether oxygens (including phenoxy) is 1. The first kappa shape index (κ1) is 30.3. The second-order valence-corrected chi connectivity index (χ2v) is 12.5. The van der Waals surface area contributed by atoms with Gasteiger partial charge in [0.2, 0.25) is 0 Å². The minimum absolute atomic E-state index is 0.000104. The second kappa shape index (κ2) is 11.5. The van der Waals surface area contributed by atoms with Crippen LogP contribution in [0.1, 0.15) is 53.0 Å². The maximum absolute atomic E-state index is 15.0. The number of fused-ring (bicyclic) bond motifs is 1. The first-order valence-corrected chi connectivity index (χ1v) is 14.6. The Morgan fingerprint density at radius 2 is 1.84 bits per heavy atom. The number of anilines is 1.